The molecule has 0 spiro atoms. The number of anilines is 2. The van der Waals surface area contributed by atoms with Crippen molar-refractivity contribution in [1.82, 2.24) is 0 Å². The van der Waals surface area contributed by atoms with E-state index in [4.69, 9.17) is 4.74 Å². The lowest BCUT2D eigenvalue weighted by Gasteiger charge is -2.30. The minimum Gasteiger partial charge on any atom is -0.762 e. The Hall–Kier alpha value is -4.11. The van der Waals surface area contributed by atoms with Crippen molar-refractivity contribution in [2.24, 2.45) is 0 Å². The smallest absolute Gasteiger partial charge is 0.328 e. The van der Waals surface area contributed by atoms with Gasteiger partial charge in [0.15, 0.2) is 12.4 Å². The fourth-order valence-corrected chi connectivity index (χ4v) is 4.28. The van der Waals surface area contributed by atoms with E-state index in [1.807, 2.05) is 60.5 Å². The molecule has 1 aliphatic heterocycles. The van der Waals surface area contributed by atoms with Gasteiger partial charge in [0, 0.05) is 28.0 Å². The molecule has 0 atom stereocenters. The van der Waals surface area contributed by atoms with Crippen molar-refractivity contribution in [2.45, 2.75) is 9.79 Å². The van der Waals surface area contributed by atoms with Crippen LogP contribution in [0.1, 0.15) is 0 Å². The van der Waals surface area contributed by atoms with E-state index in [0.29, 0.717) is 5.75 Å². The highest BCUT2D eigenvalue weighted by molar-refractivity contribution is 7.99. The Labute approximate surface area is 183 Å². The van der Waals surface area contributed by atoms with E-state index in [1.165, 1.54) is 6.08 Å². The molecule has 0 unspecified atom stereocenters. The van der Waals surface area contributed by atoms with Gasteiger partial charge in [0.25, 0.3) is 5.70 Å². The normalized spacial score (nSPS) is 12.1. The van der Waals surface area contributed by atoms with Gasteiger partial charge in [-0.2, -0.15) is 9.83 Å². The first-order chi connectivity index (χ1) is 15.2. The van der Waals surface area contributed by atoms with Crippen molar-refractivity contribution in [3.8, 4) is 11.8 Å². The molecule has 1 aliphatic rings. The van der Waals surface area contributed by atoms with Crippen LogP contribution in [0.3, 0.4) is 0 Å². The van der Waals surface area contributed by atoms with Gasteiger partial charge in [0.2, 0.25) is 0 Å². The van der Waals surface area contributed by atoms with Crippen molar-refractivity contribution in [2.75, 3.05) is 12.0 Å². The summed E-state index contributed by atoms with van der Waals surface area (Å²) in [6, 6.07) is 20.5. The zero-order valence-corrected chi connectivity index (χ0v) is 17.3. The van der Waals surface area contributed by atoms with Crippen molar-refractivity contribution in [3.05, 3.63) is 90.1 Å². The third kappa shape index (κ3) is 3.86. The lowest BCUT2D eigenvalue weighted by atomic mass is 10.1. The highest BCUT2D eigenvalue weighted by Gasteiger charge is 2.34. The largest absolute Gasteiger partial charge is 0.762 e. The highest BCUT2D eigenvalue weighted by atomic mass is 32.2. The van der Waals surface area contributed by atoms with Crippen molar-refractivity contribution in [1.29, 1.82) is 5.26 Å². The summed E-state index contributed by atoms with van der Waals surface area (Å²) in [5, 5.41) is 18.6. The summed E-state index contributed by atoms with van der Waals surface area (Å²) < 4.78 is 6.78. The maximum atomic E-state index is 13.9. The maximum absolute atomic E-state index is 13.9. The molecule has 1 amide bonds. The Bertz CT molecular complexity index is 1240. The number of rotatable bonds is 4. The molecule has 0 saturated heterocycles. The van der Waals surface area contributed by atoms with Gasteiger partial charge in [-0.1, -0.05) is 36.0 Å². The molecule has 0 radical (unpaired) electrons. The first kappa shape index (κ1) is 20.2. The molecular weight excluding hydrogens is 408 g/mol. The standard InChI is InChI=1S/C24H16N4O2S/c1-30-18-10-12-27(13-11-18)21(14-17(15-25)16-26)24(29)28-19-6-2-4-8-22(19)31-23-9-5-3-7-20(23)28/h2-14H,1H3/b21-14-. The number of hydrogen-bond acceptors (Lipinski definition) is 4. The fourth-order valence-electron chi connectivity index (χ4n) is 3.22. The predicted molar refractivity (Wildman–Crippen MR) is 119 cm³/mol. The Morgan fingerprint density at radius 2 is 1.65 bits per heavy atom. The lowest BCUT2D eigenvalue weighted by Crippen LogP contribution is -2.42. The molecule has 0 saturated carbocycles. The van der Waals surface area contributed by atoms with Gasteiger partial charge < -0.3 is 10.1 Å². The summed E-state index contributed by atoms with van der Waals surface area (Å²) in [5.74, 6) is 2.10. The molecular formula is C24H16N4O2S. The number of benzene rings is 2. The van der Waals surface area contributed by atoms with Crippen LogP contribution in [0, 0.1) is 11.3 Å². The average molecular weight is 424 g/mol. The number of fused-ring (bicyclic) bond motifs is 2. The summed E-state index contributed by atoms with van der Waals surface area (Å²) >= 11 is 1.59. The molecule has 31 heavy (non-hydrogen) atoms. The number of allylic oxidation sites excluding steroid dienone is 2. The van der Waals surface area contributed by atoms with Crippen LogP contribution >= 0.6 is 11.8 Å². The Kier molecular flexibility index (Phi) is 5.67. The molecule has 0 aliphatic carbocycles. The molecule has 0 bridgehead atoms. The van der Waals surface area contributed by atoms with E-state index in [2.05, 4.69) is 0 Å². The minimum absolute atomic E-state index is 0.164. The molecule has 7 heteroatoms. The van der Waals surface area contributed by atoms with Gasteiger partial charge in [-0.15, -0.1) is 0 Å². The second kappa shape index (κ2) is 8.72. The number of hydrogen-bond donors (Lipinski definition) is 0. The second-order valence-corrected chi connectivity index (χ2v) is 7.57. The van der Waals surface area contributed by atoms with E-state index in [1.54, 1.807) is 52.9 Å². The summed E-state index contributed by atoms with van der Waals surface area (Å²) in [7, 11) is 1.55. The number of carbonyl (C=O) groups is 1. The zero-order valence-electron chi connectivity index (χ0n) is 16.5. The van der Waals surface area contributed by atoms with Crippen LogP contribution in [0.25, 0.3) is 11.1 Å². The number of para-hydroxylation sites is 2. The maximum Gasteiger partial charge on any atom is 0.328 e. The summed E-state index contributed by atoms with van der Waals surface area (Å²) in [6.07, 6.45) is 4.62. The lowest BCUT2D eigenvalue weighted by molar-refractivity contribution is -0.577. The van der Waals surface area contributed by atoms with Crippen molar-refractivity contribution in [3.63, 3.8) is 0 Å². The Morgan fingerprint density at radius 3 is 2.16 bits per heavy atom. The van der Waals surface area contributed by atoms with Gasteiger partial charge in [-0.25, -0.2) is 0 Å². The number of ether oxygens (including phenoxy) is 1. The predicted octanol–water partition coefficient (Wildman–Crippen LogP) is 4.34. The number of aromatic nitrogens is 1. The van der Waals surface area contributed by atoms with Crippen molar-refractivity contribution < 1.29 is 14.1 Å². The van der Waals surface area contributed by atoms with E-state index in [0.717, 1.165) is 21.2 Å². The third-order valence-electron chi connectivity index (χ3n) is 4.69. The number of amides is 1. The van der Waals surface area contributed by atoms with E-state index >= 15 is 0 Å². The fraction of sp³-hybridized carbons (Fsp3) is 0.0417. The van der Waals surface area contributed by atoms with Crippen LogP contribution in [-0.2, 0) is 4.79 Å². The van der Waals surface area contributed by atoms with Crippen LogP contribution in [0.2, 0.25) is 0 Å². The van der Waals surface area contributed by atoms with Gasteiger partial charge in [-0.05, 0) is 24.3 Å². The molecule has 2 aromatic carbocycles. The SMILES string of the molecule is COc1cc[n+](/C(=C\C(=C=[N-])C#N)C(=O)N2c3ccccc3Sc3ccccc32)cc1. The Balaban J connectivity index is 1.90. The van der Waals surface area contributed by atoms with Gasteiger partial charge in [0.05, 0.1) is 24.1 Å². The summed E-state index contributed by atoms with van der Waals surface area (Å²) in [6.45, 7) is 0. The first-order valence-electron chi connectivity index (χ1n) is 9.31. The molecule has 0 N–H and O–H groups in total. The molecule has 2 heterocycles. The van der Waals surface area contributed by atoms with Crippen LogP contribution in [0.15, 0.2) is 94.5 Å². The van der Waals surface area contributed by atoms with Crippen LogP contribution in [0.4, 0.5) is 11.4 Å². The van der Waals surface area contributed by atoms with E-state index in [-0.39, 0.29) is 17.2 Å². The number of methoxy groups -OCH3 is 1. The number of carbonyl (C=O) groups excluding carboxylic acids is 1. The number of nitriles is 1. The molecule has 3 aromatic rings. The number of nitrogens with zero attached hydrogens (tertiary/aromatic N) is 4. The van der Waals surface area contributed by atoms with Gasteiger partial charge in [-0.3, -0.25) is 15.6 Å². The quantitative estimate of drug-likeness (QED) is 0.205. The van der Waals surface area contributed by atoms with Crippen LogP contribution in [0.5, 0.6) is 5.75 Å². The van der Waals surface area contributed by atoms with E-state index < -0.39 is 0 Å². The topological polar surface area (TPSA) is 79.5 Å². The van der Waals surface area contributed by atoms with Crippen molar-refractivity contribution >= 4 is 40.6 Å². The monoisotopic (exact) mass is 424 g/mol. The van der Waals surface area contributed by atoms with Crippen LogP contribution < -0.4 is 14.2 Å². The molecule has 6 nitrogen and oxygen atoms in total. The molecule has 1 aromatic heterocycles. The second-order valence-electron chi connectivity index (χ2n) is 6.49. The zero-order chi connectivity index (χ0) is 21.8. The van der Waals surface area contributed by atoms with E-state index in [9.17, 15) is 15.5 Å². The Morgan fingerprint density at radius 1 is 1.06 bits per heavy atom. The number of pyridine rings is 1. The molecule has 4 rings (SSSR count). The molecule has 150 valence electrons. The highest BCUT2D eigenvalue weighted by Crippen LogP contribution is 2.48. The summed E-state index contributed by atoms with van der Waals surface area (Å²) in [5.41, 5.74) is 1.48. The molecule has 0 fully saturated rings. The minimum atomic E-state index is -0.363. The van der Waals surface area contributed by atoms with Gasteiger partial charge in [0.1, 0.15) is 11.8 Å². The third-order valence-corrected chi connectivity index (χ3v) is 5.82. The average Bonchev–Trinajstić information content (AvgIpc) is 2.83. The summed E-state index contributed by atoms with van der Waals surface area (Å²) in [4.78, 5) is 17.4. The van der Waals surface area contributed by atoms with Gasteiger partial charge >= 0.3 is 5.91 Å². The van der Waals surface area contributed by atoms with Crippen LogP contribution in [-0.4, -0.2) is 18.9 Å². The first-order valence-corrected chi connectivity index (χ1v) is 10.1.